The van der Waals surface area contributed by atoms with Gasteiger partial charge in [-0.05, 0) is 61.5 Å². The number of carbonyl (C=O) groups is 1. The topological polar surface area (TPSA) is 41.1 Å². The Hall–Kier alpha value is -1.43. The zero-order valence-electron chi connectivity index (χ0n) is 12.0. The molecule has 6 heteroatoms. The van der Waals surface area contributed by atoms with E-state index in [1.165, 1.54) is 0 Å². The number of carbonyl (C=O) groups excluding carboxylic acids is 1. The molecule has 114 valence electrons. The summed E-state index contributed by atoms with van der Waals surface area (Å²) in [7, 11) is 0. The van der Waals surface area contributed by atoms with Gasteiger partial charge in [-0.25, -0.2) is 0 Å². The summed E-state index contributed by atoms with van der Waals surface area (Å²) in [5, 5.41) is 6.27. The number of halogens is 2. The molecular formula is C16H14BrClN2OS. The highest BCUT2D eigenvalue weighted by molar-refractivity contribution is 9.10. The van der Waals surface area contributed by atoms with E-state index in [2.05, 4.69) is 26.6 Å². The van der Waals surface area contributed by atoms with Gasteiger partial charge < -0.3 is 5.32 Å². The van der Waals surface area contributed by atoms with Crippen molar-refractivity contribution in [3.05, 3.63) is 62.6 Å². The number of nitrogens with one attached hydrogen (secondary N) is 2. The lowest BCUT2D eigenvalue weighted by atomic mass is 10.1. The van der Waals surface area contributed by atoms with Crippen LogP contribution in [0.25, 0.3) is 0 Å². The monoisotopic (exact) mass is 396 g/mol. The first-order valence-corrected chi connectivity index (χ1v) is 8.09. The standard InChI is InChI=1S/C16H14BrClN2OS/c1-9-3-4-10(2)14(7-9)19-16(22)20-15(21)12-8-11(17)5-6-13(12)18/h3-8H,1-2H3,(H2,19,20,21,22). The molecule has 3 nitrogen and oxygen atoms in total. The van der Waals surface area contributed by atoms with Crippen LogP contribution in [-0.4, -0.2) is 11.0 Å². The zero-order chi connectivity index (χ0) is 16.3. The Kier molecular flexibility index (Phi) is 5.56. The Morgan fingerprint density at radius 1 is 1.18 bits per heavy atom. The molecule has 0 fully saturated rings. The molecule has 2 rings (SSSR count). The Bertz CT molecular complexity index is 749. The fourth-order valence-corrected chi connectivity index (χ4v) is 2.63. The van der Waals surface area contributed by atoms with Crippen molar-refractivity contribution in [3.63, 3.8) is 0 Å². The largest absolute Gasteiger partial charge is 0.332 e. The summed E-state index contributed by atoms with van der Waals surface area (Å²) in [5.74, 6) is -0.353. The van der Waals surface area contributed by atoms with E-state index < -0.39 is 0 Å². The van der Waals surface area contributed by atoms with Gasteiger partial charge in [0.25, 0.3) is 5.91 Å². The maximum absolute atomic E-state index is 12.2. The van der Waals surface area contributed by atoms with Gasteiger partial charge in [-0.15, -0.1) is 0 Å². The van der Waals surface area contributed by atoms with Gasteiger partial charge in [0.15, 0.2) is 5.11 Å². The minimum Gasteiger partial charge on any atom is -0.332 e. The first-order chi connectivity index (χ1) is 10.4. The minimum atomic E-state index is -0.353. The van der Waals surface area contributed by atoms with Gasteiger partial charge in [0.05, 0.1) is 10.6 Å². The molecule has 1 amide bonds. The molecule has 0 bridgehead atoms. The van der Waals surface area contributed by atoms with E-state index in [9.17, 15) is 4.79 Å². The first kappa shape index (κ1) is 16.9. The van der Waals surface area contributed by atoms with Crippen molar-refractivity contribution in [1.29, 1.82) is 0 Å². The molecule has 2 aromatic carbocycles. The predicted molar refractivity (Wildman–Crippen MR) is 98.8 cm³/mol. The second-order valence-electron chi connectivity index (χ2n) is 4.85. The van der Waals surface area contributed by atoms with E-state index in [1.807, 2.05) is 32.0 Å². The third-order valence-corrected chi connectivity index (χ3v) is 4.07. The summed E-state index contributed by atoms with van der Waals surface area (Å²) < 4.78 is 0.774. The van der Waals surface area contributed by atoms with Crippen molar-refractivity contribution < 1.29 is 4.79 Å². The summed E-state index contributed by atoms with van der Waals surface area (Å²) >= 11 is 14.5. The van der Waals surface area contributed by atoms with Crippen LogP contribution in [-0.2, 0) is 0 Å². The van der Waals surface area contributed by atoms with Crippen LogP contribution in [0.5, 0.6) is 0 Å². The summed E-state index contributed by atoms with van der Waals surface area (Å²) in [6.07, 6.45) is 0. The summed E-state index contributed by atoms with van der Waals surface area (Å²) in [6, 6.07) is 11.1. The Balaban J connectivity index is 2.10. The van der Waals surface area contributed by atoms with Gasteiger partial charge in [0, 0.05) is 10.2 Å². The van der Waals surface area contributed by atoms with Crippen LogP contribution in [0.15, 0.2) is 40.9 Å². The van der Waals surface area contributed by atoms with Crippen LogP contribution in [0.2, 0.25) is 5.02 Å². The molecule has 0 saturated heterocycles. The Labute approximate surface area is 148 Å². The fourth-order valence-electron chi connectivity index (χ4n) is 1.87. The van der Waals surface area contributed by atoms with Gasteiger partial charge in [-0.3, -0.25) is 10.1 Å². The van der Waals surface area contributed by atoms with Crippen molar-refractivity contribution >= 4 is 56.5 Å². The Morgan fingerprint density at radius 3 is 2.64 bits per heavy atom. The highest BCUT2D eigenvalue weighted by Gasteiger charge is 2.13. The lowest BCUT2D eigenvalue weighted by molar-refractivity contribution is 0.0978. The number of amides is 1. The highest BCUT2D eigenvalue weighted by atomic mass is 79.9. The molecule has 0 atom stereocenters. The third kappa shape index (κ3) is 4.29. The predicted octanol–water partition coefficient (Wildman–Crippen LogP) is 4.85. The molecule has 0 unspecified atom stereocenters. The van der Waals surface area contributed by atoms with E-state index in [-0.39, 0.29) is 11.0 Å². The molecule has 0 aromatic heterocycles. The van der Waals surface area contributed by atoms with Crippen molar-refractivity contribution in [3.8, 4) is 0 Å². The molecule has 0 saturated carbocycles. The molecule has 2 aromatic rings. The molecule has 0 spiro atoms. The van der Waals surface area contributed by atoms with E-state index >= 15 is 0 Å². The van der Waals surface area contributed by atoms with E-state index in [0.717, 1.165) is 21.3 Å². The smallest absolute Gasteiger partial charge is 0.258 e. The average Bonchev–Trinajstić information content (AvgIpc) is 2.45. The lowest BCUT2D eigenvalue weighted by Crippen LogP contribution is -2.34. The van der Waals surface area contributed by atoms with Crippen LogP contribution in [0.3, 0.4) is 0 Å². The van der Waals surface area contributed by atoms with E-state index in [0.29, 0.717) is 10.6 Å². The van der Waals surface area contributed by atoms with Gasteiger partial charge in [0.1, 0.15) is 0 Å². The maximum Gasteiger partial charge on any atom is 0.258 e. The molecule has 22 heavy (non-hydrogen) atoms. The number of anilines is 1. The van der Waals surface area contributed by atoms with Gasteiger partial charge in [-0.2, -0.15) is 0 Å². The minimum absolute atomic E-state index is 0.231. The van der Waals surface area contributed by atoms with Crippen molar-refractivity contribution in [1.82, 2.24) is 5.32 Å². The summed E-state index contributed by atoms with van der Waals surface area (Å²) in [6.45, 7) is 3.96. The summed E-state index contributed by atoms with van der Waals surface area (Å²) in [5.41, 5.74) is 3.38. The summed E-state index contributed by atoms with van der Waals surface area (Å²) in [4.78, 5) is 12.2. The lowest BCUT2D eigenvalue weighted by Gasteiger charge is -2.13. The average molecular weight is 398 g/mol. The SMILES string of the molecule is Cc1ccc(C)c(NC(=S)NC(=O)c2cc(Br)ccc2Cl)c1. The second kappa shape index (κ2) is 7.22. The fraction of sp³-hybridized carbons (Fsp3) is 0.125. The number of thiocarbonyl (C=S) groups is 1. The quantitative estimate of drug-likeness (QED) is 0.712. The van der Waals surface area contributed by atoms with Crippen molar-refractivity contribution in [2.45, 2.75) is 13.8 Å². The Morgan fingerprint density at radius 2 is 1.91 bits per heavy atom. The van der Waals surface area contributed by atoms with Gasteiger partial charge >= 0.3 is 0 Å². The zero-order valence-corrected chi connectivity index (χ0v) is 15.2. The first-order valence-electron chi connectivity index (χ1n) is 6.51. The number of rotatable bonds is 2. The van der Waals surface area contributed by atoms with Gasteiger partial charge in [0.2, 0.25) is 0 Å². The van der Waals surface area contributed by atoms with Crippen molar-refractivity contribution in [2.24, 2.45) is 0 Å². The molecule has 0 radical (unpaired) electrons. The maximum atomic E-state index is 12.2. The van der Waals surface area contributed by atoms with Crippen LogP contribution in [0.1, 0.15) is 21.5 Å². The molecule has 0 aliphatic carbocycles. The number of hydrogen-bond donors (Lipinski definition) is 2. The van der Waals surface area contributed by atoms with Gasteiger partial charge in [-0.1, -0.05) is 39.7 Å². The second-order valence-corrected chi connectivity index (χ2v) is 6.58. The van der Waals surface area contributed by atoms with E-state index in [4.69, 9.17) is 23.8 Å². The normalized spacial score (nSPS) is 10.2. The van der Waals surface area contributed by atoms with Crippen LogP contribution in [0, 0.1) is 13.8 Å². The molecule has 0 heterocycles. The molecule has 0 aliphatic rings. The van der Waals surface area contributed by atoms with E-state index in [1.54, 1.807) is 18.2 Å². The number of aryl methyl sites for hydroxylation is 2. The molecule has 0 aliphatic heterocycles. The highest BCUT2D eigenvalue weighted by Crippen LogP contribution is 2.21. The van der Waals surface area contributed by atoms with Crippen LogP contribution >= 0.6 is 39.7 Å². The van der Waals surface area contributed by atoms with Crippen LogP contribution < -0.4 is 10.6 Å². The molecular weight excluding hydrogens is 384 g/mol. The number of hydrogen-bond acceptors (Lipinski definition) is 2. The number of benzene rings is 2. The van der Waals surface area contributed by atoms with Crippen molar-refractivity contribution in [2.75, 3.05) is 5.32 Å². The van der Waals surface area contributed by atoms with Crippen LogP contribution in [0.4, 0.5) is 5.69 Å². The third-order valence-electron chi connectivity index (χ3n) is 3.04. The molecule has 2 N–H and O–H groups in total.